The van der Waals surface area contributed by atoms with Crippen LogP contribution in [0.1, 0.15) is 17.5 Å². The SMILES string of the molecule is Fc1ccc(-c2cnc3ccc(-c4cn(C(c5ccccc5)(c5ccccc5)C5C=CC=CC5)nc4-c4c(F)cccc4F)cn23)cc1. The Morgan fingerprint density at radius 1 is 0.667 bits per heavy atom. The van der Waals surface area contributed by atoms with Gasteiger partial charge in [0, 0.05) is 35.0 Å². The van der Waals surface area contributed by atoms with Gasteiger partial charge < -0.3 is 0 Å². The van der Waals surface area contributed by atoms with Crippen LogP contribution in [0, 0.1) is 23.4 Å². The molecule has 4 nitrogen and oxygen atoms in total. The molecule has 0 saturated heterocycles. The van der Waals surface area contributed by atoms with Gasteiger partial charge in [-0.3, -0.25) is 9.08 Å². The van der Waals surface area contributed by atoms with E-state index < -0.39 is 17.2 Å². The summed E-state index contributed by atoms with van der Waals surface area (Å²) in [5.41, 5.74) is 4.50. The van der Waals surface area contributed by atoms with Crippen LogP contribution in [0.2, 0.25) is 0 Å². The van der Waals surface area contributed by atoms with E-state index in [-0.39, 0.29) is 23.0 Å². The number of benzene rings is 4. The van der Waals surface area contributed by atoms with Crippen LogP contribution in [0.5, 0.6) is 0 Å². The van der Waals surface area contributed by atoms with Crippen molar-refractivity contribution < 1.29 is 13.2 Å². The molecule has 0 N–H and O–H groups in total. The van der Waals surface area contributed by atoms with Gasteiger partial charge in [0.15, 0.2) is 0 Å². The maximum absolute atomic E-state index is 15.7. The van der Waals surface area contributed by atoms with Crippen molar-refractivity contribution >= 4 is 5.65 Å². The molecule has 4 aromatic carbocycles. The lowest BCUT2D eigenvalue weighted by Gasteiger charge is -2.41. The number of halogens is 3. The Hall–Kier alpha value is -5.95. The third kappa shape index (κ3) is 4.86. The molecule has 48 heavy (non-hydrogen) atoms. The Labute approximate surface area is 275 Å². The topological polar surface area (TPSA) is 35.1 Å². The number of rotatable bonds is 7. The number of aromatic nitrogens is 4. The van der Waals surface area contributed by atoms with Crippen LogP contribution in [-0.2, 0) is 5.54 Å². The first-order chi connectivity index (χ1) is 23.5. The Morgan fingerprint density at radius 2 is 1.33 bits per heavy atom. The molecule has 234 valence electrons. The summed E-state index contributed by atoms with van der Waals surface area (Å²) >= 11 is 0. The van der Waals surface area contributed by atoms with Crippen molar-refractivity contribution in [3.63, 3.8) is 0 Å². The molecule has 0 aliphatic heterocycles. The van der Waals surface area contributed by atoms with E-state index in [1.54, 1.807) is 18.3 Å². The van der Waals surface area contributed by atoms with Crippen molar-refractivity contribution in [3.8, 4) is 33.6 Å². The summed E-state index contributed by atoms with van der Waals surface area (Å²) < 4.78 is 49.0. The van der Waals surface area contributed by atoms with Crippen LogP contribution >= 0.6 is 0 Å². The highest BCUT2D eigenvalue weighted by molar-refractivity contribution is 5.82. The molecule has 0 amide bonds. The van der Waals surface area contributed by atoms with Crippen molar-refractivity contribution in [1.29, 1.82) is 0 Å². The maximum Gasteiger partial charge on any atom is 0.137 e. The van der Waals surface area contributed by atoms with E-state index in [1.807, 2.05) is 82.2 Å². The van der Waals surface area contributed by atoms with Gasteiger partial charge >= 0.3 is 0 Å². The zero-order chi connectivity index (χ0) is 32.7. The predicted molar refractivity (Wildman–Crippen MR) is 183 cm³/mol. The standard InChI is InChI=1S/C41H29F3N4/c42-33-22-19-28(20-23-33)37-25-45-38-24-21-29(26-47(37)38)34-27-48(46-40(34)39-35(43)17-10-18-36(39)44)41(30-11-4-1-5-12-30,31-13-6-2-7-14-31)32-15-8-3-9-16-32/h1-15,17-27,32H,16H2. The fraction of sp³-hybridized carbons (Fsp3) is 0.0732. The Bertz CT molecular complexity index is 2240. The van der Waals surface area contributed by atoms with Crippen molar-refractivity contribution in [2.24, 2.45) is 5.92 Å². The molecule has 0 saturated carbocycles. The van der Waals surface area contributed by atoms with E-state index in [1.165, 1.54) is 30.3 Å². The molecule has 0 bridgehead atoms. The summed E-state index contributed by atoms with van der Waals surface area (Å²) in [6.07, 6.45) is 14.6. The second-order valence-electron chi connectivity index (χ2n) is 11.9. The molecule has 7 aromatic rings. The molecule has 8 rings (SSSR count). The van der Waals surface area contributed by atoms with Crippen molar-refractivity contribution in [3.05, 3.63) is 187 Å². The van der Waals surface area contributed by atoms with Gasteiger partial charge in [-0.15, -0.1) is 0 Å². The maximum atomic E-state index is 15.7. The fourth-order valence-electron chi connectivity index (χ4n) is 6.95. The smallest absolute Gasteiger partial charge is 0.137 e. The van der Waals surface area contributed by atoms with Crippen molar-refractivity contribution in [2.45, 2.75) is 12.0 Å². The van der Waals surface area contributed by atoms with Crippen LogP contribution in [0.15, 0.2) is 158 Å². The summed E-state index contributed by atoms with van der Waals surface area (Å²) in [6, 6.07) is 34.1. The van der Waals surface area contributed by atoms with E-state index in [2.05, 4.69) is 41.4 Å². The predicted octanol–water partition coefficient (Wildman–Crippen LogP) is 9.87. The molecule has 0 spiro atoms. The Morgan fingerprint density at radius 3 is 1.98 bits per heavy atom. The molecule has 1 unspecified atom stereocenters. The van der Waals surface area contributed by atoms with E-state index in [4.69, 9.17) is 5.10 Å². The van der Waals surface area contributed by atoms with Gasteiger partial charge in [0.05, 0.1) is 17.5 Å². The number of allylic oxidation sites excluding steroid dienone is 4. The second-order valence-corrected chi connectivity index (χ2v) is 11.9. The number of nitrogens with zero attached hydrogens (tertiary/aromatic N) is 4. The summed E-state index contributed by atoms with van der Waals surface area (Å²) in [5, 5.41) is 5.15. The van der Waals surface area contributed by atoms with Gasteiger partial charge in [-0.05, 0) is 66.1 Å². The second kappa shape index (κ2) is 12.0. The zero-order valence-corrected chi connectivity index (χ0v) is 25.7. The number of imidazole rings is 1. The van der Waals surface area contributed by atoms with Gasteiger partial charge in [-0.1, -0.05) is 91.0 Å². The number of fused-ring (bicyclic) bond motifs is 1. The summed E-state index contributed by atoms with van der Waals surface area (Å²) in [6.45, 7) is 0. The van der Waals surface area contributed by atoms with E-state index in [9.17, 15) is 4.39 Å². The average molecular weight is 635 g/mol. The highest BCUT2D eigenvalue weighted by Gasteiger charge is 2.44. The lowest BCUT2D eigenvalue weighted by atomic mass is 9.70. The molecule has 1 atom stereocenters. The van der Waals surface area contributed by atoms with E-state index in [0.717, 1.165) is 28.8 Å². The fourth-order valence-corrected chi connectivity index (χ4v) is 6.95. The molecule has 3 aromatic heterocycles. The molecule has 7 heteroatoms. The van der Waals surface area contributed by atoms with E-state index in [0.29, 0.717) is 16.8 Å². The molecular formula is C41H29F3N4. The molecule has 1 aliphatic rings. The molecule has 1 aliphatic carbocycles. The first kappa shape index (κ1) is 29.5. The minimum atomic E-state index is -0.878. The number of hydrogen-bond acceptors (Lipinski definition) is 2. The minimum absolute atomic E-state index is 0.0837. The van der Waals surface area contributed by atoms with Gasteiger partial charge in [0.1, 0.15) is 34.3 Å². The highest BCUT2D eigenvalue weighted by Crippen LogP contribution is 2.46. The van der Waals surface area contributed by atoms with Gasteiger partial charge in [-0.25, -0.2) is 18.2 Å². The van der Waals surface area contributed by atoms with Gasteiger partial charge in [-0.2, -0.15) is 5.10 Å². The molecular weight excluding hydrogens is 605 g/mol. The lowest BCUT2D eigenvalue weighted by Crippen LogP contribution is -2.43. The average Bonchev–Trinajstić information content (AvgIpc) is 3.75. The molecule has 0 radical (unpaired) electrons. The monoisotopic (exact) mass is 634 g/mol. The Balaban J connectivity index is 1.43. The van der Waals surface area contributed by atoms with Crippen LogP contribution in [0.25, 0.3) is 39.3 Å². The minimum Gasteiger partial charge on any atom is -0.299 e. The summed E-state index contributed by atoms with van der Waals surface area (Å²) in [7, 11) is 0. The molecule has 3 heterocycles. The van der Waals surface area contributed by atoms with Crippen molar-refractivity contribution in [2.75, 3.05) is 0 Å². The lowest BCUT2D eigenvalue weighted by molar-refractivity contribution is 0.293. The quantitative estimate of drug-likeness (QED) is 0.175. The van der Waals surface area contributed by atoms with Crippen molar-refractivity contribution in [1.82, 2.24) is 19.2 Å². The largest absolute Gasteiger partial charge is 0.299 e. The summed E-state index contributed by atoms with van der Waals surface area (Å²) in [5.74, 6) is -1.83. The number of hydrogen-bond donors (Lipinski definition) is 0. The van der Waals surface area contributed by atoms with Crippen LogP contribution in [-0.4, -0.2) is 19.2 Å². The third-order valence-corrected chi connectivity index (χ3v) is 9.18. The summed E-state index contributed by atoms with van der Waals surface area (Å²) in [4.78, 5) is 4.56. The van der Waals surface area contributed by atoms with Crippen LogP contribution < -0.4 is 0 Å². The third-order valence-electron chi connectivity index (χ3n) is 9.18. The molecule has 0 fully saturated rings. The van der Waals surface area contributed by atoms with Crippen LogP contribution in [0.3, 0.4) is 0 Å². The highest BCUT2D eigenvalue weighted by atomic mass is 19.1. The van der Waals surface area contributed by atoms with Gasteiger partial charge in [0.25, 0.3) is 0 Å². The number of pyridine rings is 1. The first-order valence-electron chi connectivity index (χ1n) is 15.8. The normalized spacial score (nSPS) is 14.5. The zero-order valence-electron chi connectivity index (χ0n) is 25.7. The van der Waals surface area contributed by atoms with E-state index >= 15 is 8.78 Å². The van der Waals surface area contributed by atoms with Crippen LogP contribution in [0.4, 0.5) is 13.2 Å². The van der Waals surface area contributed by atoms with Gasteiger partial charge in [0.2, 0.25) is 0 Å². The first-order valence-corrected chi connectivity index (χ1v) is 15.8. The Kier molecular flexibility index (Phi) is 7.37.